The van der Waals surface area contributed by atoms with Crippen LogP contribution in [-0.2, 0) is 12.8 Å². The van der Waals surface area contributed by atoms with Gasteiger partial charge in [-0.25, -0.2) is 4.98 Å². The normalized spacial score (nSPS) is 25.8. The average Bonchev–Trinajstić information content (AvgIpc) is 3.21. The predicted octanol–water partition coefficient (Wildman–Crippen LogP) is 3.13. The summed E-state index contributed by atoms with van der Waals surface area (Å²) in [5.41, 5.74) is 1.02. The molecule has 2 atom stereocenters. The zero-order valence-corrected chi connectivity index (χ0v) is 15.2. The molecule has 0 spiro atoms. The first-order chi connectivity index (χ1) is 12.2. The molecule has 5 rings (SSSR count). The molecule has 1 amide bonds. The second kappa shape index (κ2) is 5.94. The Kier molecular flexibility index (Phi) is 3.69. The van der Waals surface area contributed by atoms with Crippen LogP contribution >= 0.6 is 11.3 Å². The zero-order valence-electron chi connectivity index (χ0n) is 14.3. The molecule has 0 radical (unpaired) electrons. The monoisotopic (exact) mass is 357 g/mol. The highest BCUT2D eigenvalue weighted by molar-refractivity contribution is 7.18. The second-order valence-corrected chi connectivity index (χ2v) is 8.88. The minimum atomic E-state index is -0.139. The van der Waals surface area contributed by atoms with E-state index in [1.54, 1.807) is 11.3 Å². The highest BCUT2D eigenvalue weighted by Crippen LogP contribution is 2.37. The number of nitrogens with one attached hydrogen (secondary N) is 1. The van der Waals surface area contributed by atoms with Crippen LogP contribution in [0.2, 0.25) is 0 Å². The molecule has 25 heavy (non-hydrogen) atoms. The molecule has 6 heteroatoms. The number of aromatic amines is 1. The van der Waals surface area contributed by atoms with Gasteiger partial charge < -0.3 is 9.88 Å². The number of carbonyl (C=O) groups is 1. The van der Waals surface area contributed by atoms with Crippen molar-refractivity contribution in [3.63, 3.8) is 0 Å². The van der Waals surface area contributed by atoms with E-state index in [9.17, 15) is 9.59 Å². The number of rotatable bonds is 1. The maximum absolute atomic E-state index is 12.9. The Bertz CT molecular complexity index is 900. The largest absolute Gasteiger partial charge is 0.336 e. The summed E-state index contributed by atoms with van der Waals surface area (Å²) >= 11 is 1.60. The molecule has 1 saturated carbocycles. The predicted molar refractivity (Wildman–Crippen MR) is 98.2 cm³/mol. The number of aryl methyl sites for hydroxylation is 2. The van der Waals surface area contributed by atoms with Gasteiger partial charge >= 0.3 is 0 Å². The van der Waals surface area contributed by atoms with Crippen LogP contribution in [0.25, 0.3) is 10.2 Å². The number of piperidine rings is 1. The molecule has 0 aromatic carbocycles. The lowest BCUT2D eigenvalue weighted by Crippen LogP contribution is -2.45. The van der Waals surface area contributed by atoms with E-state index >= 15 is 0 Å². The number of fused-ring (bicyclic) bond motifs is 4. The van der Waals surface area contributed by atoms with E-state index in [1.807, 2.05) is 4.90 Å². The van der Waals surface area contributed by atoms with Gasteiger partial charge in [0.05, 0.1) is 5.39 Å². The maximum Gasteiger partial charge on any atom is 0.289 e. The Hall–Kier alpha value is -1.69. The Morgan fingerprint density at radius 1 is 1.12 bits per heavy atom. The molecule has 2 fully saturated rings. The summed E-state index contributed by atoms with van der Waals surface area (Å²) in [6.45, 7) is 1.62. The van der Waals surface area contributed by atoms with Crippen LogP contribution in [0.15, 0.2) is 4.79 Å². The molecule has 1 aliphatic heterocycles. The van der Waals surface area contributed by atoms with Gasteiger partial charge in [-0.1, -0.05) is 19.3 Å². The van der Waals surface area contributed by atoms with E-state index in [0.29, 0.717) is 5.92 Å². The second-order valence-electron chi connectivity index (χ2n) is 7.80. The van der Waals surface area contributed by atoms with Crippen LogP contribution < -0.4 is 5.56 Å². The number of carbonyl (C=O) groups excluding carboxylic acids is 1. The third-order valence-corrected chi connectivity index (χ3v) is 7.54. The van der Waals surface area contributed by atoms with Crippen molar-refractivity contribution in [3.8, 4) is 0 Å². The first-order valence-electron chi connectivity index (χ1n) is 9.54. The molecule has 2 aliphatic carbocycles. The van der Waals surface area contributed by atoms with Crippen LogP contribution in [0.3, 0.4) is 0 Å². The van der Waals surface area contributed by atoms with Crippen LogP contribution in [0.1, 0.15) is 59.6 Å². The van der Waals surface area contributed by atoms with Crippen molar-refractivity contribution < 1.29 is 4.79 Å². The Labute approximate surface area is 150 Å². The fourth-order valence-electron chi connectivity index (χ4n) is 5.04. The van der Waals surface area contributed by atoms with E-state index in [2.05, 4.69) is 9.97 Å². The number of thiophene rings is 1. The molecular formula is C19H23N3O2S. The Balaban J connectivity index is 1.45. The van der Waals surface area contributed by atoms with E-state index in [1.165, 1.54) is 30.6 Å². The molecule has 2 aromatic heterocycles. The number of H-pyrrole nitrogens is 1. The van der Waals surface area contributed by atoms with E-state index < -0.39 is 0 Å². The SMILES string of the molecule is O=C(c1nc2sc3c(c2c(=O)[nH]1)CCC3)N1CC[C@H]2CCCC[C@@H]2C1. The number of likely N-dealkylation sites (tertiary alicyclic amines) is 1. The molecule has 2 aromatic rings. The van der Waals surface area contributed by atoms with Gasteiger partial charge in [0.2, 0.25) is 5.82 Å². The number of hydrogen-bond donors (Lipinski definition) is 1. The van der Waals surface area contributed by atoms with E-state index in [-0.39, 0.29) is 17.3 Å². The first-order valence-corrected chi connectivity index (χ1v) is 10.4. The van der Waals surface area contributed by atoms with E-state index in [4.69, 9.17) is 0 Å². The van der Waals surface area contributed by atoms with Gasteiger partial charge in [0.1, 0.15) is 4.83 Å². The molecule has 1 saturated heterocycles. The van der Waals surface area contributed by atoms with Gasteiger partial charge in [-0.05, 0) is 49.5 Å². The lowest BCUT2D eigenvalue weighted by atomic mass is 9.75. The van der Waals surface area contributed by atoms with Crippen molar-refractivity contribution >= 4 is 27.5 Å². The van der Waals surface area contributed by atoms with Gasteiger partial charge in [-0.15, -0.1) is 11.3 Å². The number of aromatic nitrogens is 2. The summed E-state index contributed by atoms with van der Waals surface area (Å²) in [6.07, 6.45) is 9.37. The quantitative estimate of drug-likeness (QED) is 0.853. The smallest absolute Gasteiger partial charge is 0.289 e. The van der Waals surface area contributed by atoms with Crippen molar-refractivity contribution in [1.82, 2.24) is 14.9 Å². The minimum absolute atomic E-state index is 0.100. The molecule has 132 valence electrons. The minimum Gasteiger partial charge on any atom is -0.336 e. The standard InChI is InChI=1S/C19H23N3O2S/c23-17-15-13-6-3-7-14(13)25-18(15)21-16(20-17)19(24)22-9-8-11-4-1-2-5-12(11)10-22/h11-12H,1-10H2,(H,20,21,23)/t11-,12-/m1/s1. The van der Waals surface area contributed by atoms with Crippen molar-refractivity contribution in [3.05, 3.63) is 26.6 Å². The number of nitrogens with zero attached hydrogens (tertiary/aromatic N) is 2. The molecule has 3 aliphatic rings. The van der Waals surface area contributed by atoms with Gasteiger partial charge in [-0.2, -0.15) is 0 Å². The van der Waals surface area contributed by atoms with Crippen molar-refractivity contribution in [2.75, 3.05) is 13.1 Å². The van der Waals surface area contributed by atoms with Crippen LogP contribution in [0.4, 0.5) is 0 Å². The van der Waals surface area contributed by atoms with Gasteiger partial charge in [0, 0.05) is 18.0 Å². The summed E-state index contributed by atoms with van der Waals surface area (Å²) in [7, 11) is 0. The maximum atomic E-state index is 12.9. The number of hydrogen-bond acceptors (Lipinski definition) is 4. The van der Waals surface area contributed by atoms with Crippen molar-refractivity contribution in [2.45, 2.75) is 51.4 Å². The van der Waals surface area contributed by atoms with Crippen LogP contribution in [0.5, 0.6) is 0 Å². The molecule has 0 bridgehead atoms. The Morgan fingerprint density at radius 3 is 2.84 bits per heavy atom. The summed E-state index contributed by atoms with van der Waals surface area (Å²) in [5.74, 6) is 1.54. The number of amides is 1. The zero-order chi connectivity index (χ0) is 17.0. The Morgan fingerprint density at radius 2 is 1.96 bits per heavy atom. The average molecular weight is 357 g/mol. The third kappa shape index (κ3) is 2.53. The van der Waals surface area contributed by atoms with Crippen LogP contribution in [-0.4, -0.2) is 33.9 Å². The lowest BCUT2D eigenvalue weighted by Gasteiger charge is -2.41. The van der Waals surface area contributed by atoms with Crippen LogP contribution in [0, 0.1) is 11.8 Å². The summed E-state index contributed by atoms with van der Waals surface area (Å²) in [5, 5.41) is 0.722. The van der Waals surface area contributed by atoms with E-state index in [0.717, 1.165) is 60.5 Å². The third-order valence-electron chi connectivity index (χ3n) is 6.36. The van der Waals surface area contributed by atoms with Crippen molar-refractivity contribution in [2.24, 2.45) is 11.8 Å². The fraction of sp³-hybridized carbons (Fsp3) is 0.632. The van der Waals surface area contributed by atoms with Gasteiger partial charge in [-0.3, -0.25) is 9.59 Å². The summed E-state index contributed by atoms with van der Waals surface area (Å²) in [6, 6.07) is 0. The van der Waals surface area contributed by atoms with Gasteiger partial charge in [0.25, 0.3) is 11.5 Å². The molecular weight excluding hydrogens is 334 g/mol. The molecule has 5 nitrogen and oxygen atoms in total. The fourth-order valence-corrected chi connectivity index (χ4v) is 6.30. The summed E-state index contributed by atoms with van der Waals surface area (Å²) < 4.78 is 0. The molecule has 1 N–H and O–H groups in total. The highest BCUT2D eigenvalue weighted by atomic mass is 32.1. The molecule has 0 unspecified atom stereocenters. The summed E-state index contributed by atoms with van der Waals surface area (Å²) in [4.78, 5) is 36.8. The first kappa shape index (κ1) is 15.6. The topological polar surface area (TPSA) is 66.1 Å². The van der Waals surface area contributed by atoms with Gasteiger partial charge in [0.15, 0.2) is 0 Å². The van der Waals surface area contributed by atoms with Crippen molar-refractivity contribution in [1.29, 1.82) is 0 Å². The lowest BCUT2D eigenvalue weighted by molar-refractivity contribution is 0.0510. The molecule has 3 heterocycles. The highest BCUT2D eigenvalue weighted by Gasteiger charge is 2.34.